The highest BCUT2D eigenvalue weighted by atomic mass is 16.6. The van der Waals surface area contributed by atoms with Gasteiger partial charge in [-0.3, -0.25) is 20.2 Å². The molecule has 0 saturated carbocycles. The standard InChI is InChI=1S/C23H30N2O5/c1-22(2,3)17-11-15(12-18(20(17)26)23(4,5)6)19(21(27)28)24-13-14-7-9-16(10-8-14)25(29)30/h7-12,19,24,26H,13H2,1-6H3,(H,27,28). The molecular formula is C23H30N2O5. The molecule has 3 N–H and O–H groups in total. The zero-order valence-electron chi connectivity index (χ0n) is 18.3. The van der Waals surface area contributed by atoms with Gasteiger partial charge in [-0.2, -0.15) is 0 Å². The summed E-state index contributed by atoms with van der Waals surface area (Å²) in [5.74, 6) is -0.847. The summed E-state index contributed by atoms with van der Waals surface area (Å²) in [6, 6.07) is 8.47. The van der Waals surface area contributed by atoms with Crippen LogP contribution in [0.2, 0.25) is 0 Å². The SMILES string of the molecule is CC(C)(C)c1cc(C(NCc2ccc([N+](=O)[O-])cc2)C(=O)O)cc(C(C)(C)C)c1O. The van der Waals surface area contributed by atoms with Crippen molar-refractivity contribution in [2.45, 2.75) is 65.0 Å². The molecular weight excluding hydrogens is 384 g/mol. The third-order valence-electron chi connectivity index (χ3n) is 4.99. The predicted octanol–water partition coefficient (Wildman–Crippen LogP) is 4.81. The lowest BCUT2D eigenvalue weighted by Crippen LogP contribution is -2.29. The third-order valence-corrected chi connectivity index (χ3v) is 4.99. The second kappa shape index (κ2) is 8.44. The van der Waals surface area contributed by atoms with Crippen LogP contribution in [0, 0.1) is 10.1 Å². The number of benzene rings is 2. The molecule has 7 nitrogen and oxygen atoms in total. The number of nitrogens with one attached hydrogen (secondary N) is 1. The highest BCUT2D eigenvalue weighted by Gasteiger charge is 2.30. The van der Waals surface area contributed by atoms with E-state index in [0.29, 0.717) is 16.7 Å². The van der Waals surface area contributed by atoms with Crippen molar-refractivity contribution in [1.82, 2.24) is 5.32 Å². The van der Waals surface area contributed by atoms with Crippen molar-refractivity contribution >= 4 is 11.7 Å². The largest absolute Gasteiger partial charge is 0.507 e. The fourth-order valence-corrected chi connectivity index (χ4v) is 3.27. The number of carboxylic acid groups (broad SMARTS) is 1. The van der Waals surface area contributed by atoms with Gasteiger partial charge in [0.15, 0.2) is 0 Å². The van der Waals surface area contributed by atoms with Crippen molar-refractivity contribution in [3.8, 4) is 5.75 Å². The first-order valence-corrected chi connectivity index (χ1v) is 9.79. The van der Waals surface area contributed by atoms with Crippen LogP contribution in [0.1, 0.15) is 69.8 Å². The number of carbonyl (C=O) groups is 1. The van der Waals surface area contributed by atoms with E-state index >= 15 is 0 Å². The van der Waals surface area contributed by atoms with Crippen LogP contribution in [0.3, 0.4) is 0 Å². The first-order chi connectivity index (χ1) is 13.7. The van der Waals surface area contributed by atoms with Crippen LogP contribution < -0.4 is 5.32 Å². The summed E-state index contributed by atoms with van der Waals surface area (Å²) in [4.78, 5) is 22.4. The lowest BCUT2D eigenvalue weighted by molar-refractivity contribution is -0.384. The number of nitrogens with zero attached hydrogens (tertiary/aromatic N) is 1. The molecule has 1 atom stereocenters. The van der Waals surface area contributed by atoms with E-state index in [0.717, 1.165) is 5.56 Å². The fraction of sp³-hybridized carbons (Fsp3) is 0.435. The Kier molecular flexibility index (Phi) is 6.57. The van der Waals surface area contributed by atoms with Crippen molar-refractivity contribution in [1.29, 1.82) is 0 Å². The monoisotopic (exact) mass is 414 g/mol. The maximum atomic E-state index is 12.1. The average molecular weight is 415 g/mol. The average Bonchev–Trinajstić information content (AvgIpc) is 2.61. The van der Waals surface area contributed by atoms with Gasteiger partial charge in [-0.05, 0) is 45.2 Å². The molecule has 1 unspecified atom stereocenters. The molecule has 0 aliphatic rings. The number of carboxylic acids is 1. The molecule has 0 heterocycles. The van der Waals surface area contributed by atoms with Gasteiger partial charge in [0.05, 0.1) is 4.92 Å². The molecule has 0 fully saturated rings. The van der Waals surface area contributed by atoms with Crippen LogP contribution in [0.25, 0.3) is 0 Å². The summed E-state index contributed by atoms with van der Waals surface area (Å²) in [7, 11) is 0. The molecule has 0 aromatic heterocycles. The molecule has 0 aliphatic carbocycles. The van der Waals surface area contributed by atoms with Gasteiger partial charge in [-0.25, -0.2) is 0 Å². The topological polar surface area (TPSA) is 113 Å². The number of aliphatic carboxylic acids is 1. The molecule has 0 amide bonds. The Hall–Kier alpha value is -2.93. The number of hydrogen-bond acceptors (Lipinski definition) is 5. The number of phenols is 1. The Morgan fingerprint density at radius 2 is 1.50 bits per heavy atom. The van der Waals surface area contributed by atoms with Gasteiger partial charge in [0.2, 0.25) is 0 Å². The summed E-state index contributed by atoms with van der Waals surface area (Å²) in [5, 5.41) is 34.5. The second-order valence-electron chi connectivity index (χ2n) is 9.54. The minimum Gasteiger partial charge on any atom is -0.507 e. The molecule has 0 aliphatic heterocycles. The molecule has 0 spiro atoms. The van der Waals surface area contributed by atoms with Crippen LogP contribution in [0.5, 0.6) is 5.75 Å². The number of non-ortho nitro benzene ring substituents is 1. The van der Waals surface area contributed by atoms with Crippen LogP contribution in [0.4, 0.5) is 5.69 Å². The van der Waals surface area contributed by atoms with Gasteiger partial charge in [0.25, 0.3) is 5.69 Å². The number of hydrogen-bond donors (Lipinski definition) is 3. The van der Waals surface area contributed by atoms with Crippen molar-refractivity contribution < 1.29 is 19.9 Å². The maximum absolute atomic E-state index is 12.1. The van der Waals surface area contributed by atoms with E-state index in [-0.39, 0.29) is 28.8 Å². The number of phenolic OH excluding ortho intramolecular Hbond substituents is 1. The lowest BCUT2D eigenvalue weighted by atomic mass is 9.77. The highest BCUT2D eigenvalue weighted by Crippen LogP contribution is 2.41. The second-order valence-corrected chi connectivity index (χ2v) is 9.54. The van der Waals surface area contributed by atoms with E-state index in [1.165, 1.54) is 12.1 Å². The van der Waals surface area contributed by atoms with Gasteiger partial charge in [-0.1, -0.05) is 53.7 Å². The van der Waals surface area contributed by atoms with E-state index < -0.39 is 16.9 Å². The zero-order chi connectivity index (χ0) is 22.9. The molecule has 0 saturated heterocycles. The molecule has 0 bridgehead atoms. The summed E-state index contributed by atoms with van der Waals surface area (Å²) in [6.07, 6.45) is 0. The first kappa shape index (κ1) is 23.3. The van der Waals surface area contributed by atoms with E-state index in [1.807, 2.05) is 41.5 Å². The Balaban J connectivity index is 2.43. The zero-order valence-corrected chi connectivity index (χ0v) is 18.3. The van der Waals surface area contributed by atoms with Gasteiger partial charge < -0.3 is 10.2 Å². The van der Waals surface area contributed by atoms with Crippen molar-refractivity contribution in [2.75, 3.05) is 0 Å². The van der Waals surface area contributed by atoms with Crippen LogP contribution in [0.15, 0.2) is 36.4 Å². The smallest absolute Gasteiger partial charge is 0.325 e. The summed E-state index contributed by atoms with van der Waals surface area (Å²) >= 11 is 0. The van der Waals surface area contributed by atoms with Crippen LogP contribution in [-0.2, 0) is 22.2 Å². The van der Waals surface area contributed by atoms with Crippen LogP contribution >= 0.6 is 0 Å². The Morgan fingerprint density at radius 1 is 1.03 bits per heavy atom. The van der Waals surface area contributed by atoms with Gasteiger partial charge in [-0.15, -0.1) is 0 Å². The molecule has 2 aromatic carbocycles. The van der Waals surface area contributed by atoms with Crippen LogP contribution in [-0.4, -0.2) is 21.1 Å². The fourth-order valence-electron chi connectivity index (χ4n) is 3.27. The van der Waals surface area contributed by atoms with Gasteiger partial charge in [0, 0.05) is 18.7 Å². The minimum atomic E-state index is -1.04. The van der Waals surface area contributed by atoms with E-state index in [1.54, 1.807) is 24.3 Å². The molecule has 2 rings (SSSR count). The Bertz CT molecular complexity index is 903. The predicted molar refractivity (Wildman–Crippen MR) is 116 cm³/mol. The number of nitro benzene ring substituents is 1. The molecule has 0 radical (unpaired) electrons. The molecule has 162 valence electrons. The summed E-state index contributed by atoms with van der Waals surface area (Å²) in [6.45, 7) is 12.1. The summed E-state index contributed by atoms with van der Waals surface area (Å²) in [5.41, 5.74) is 1.90. The number of nitro groups is 1. The van der Waals surface area contributed by atoms with Gasteiger partial charge in [0.1, 0.15) is 11.8 Å². The Labute approximate surface area is 176 Å². The van der Waals surface area contributed by atoms with E-state index in [9.17, 15) is 25.1 Å². The summed E-state index contributed by atoms with van der Waals surface area (Å²) < 4.78 is 0. The van der Waals surface area contributed by atoms with E-state index in [2.05, 4.69) is 5.32 Å². The van der Waals surface area contributed by atoms with Gasteiger partial charge >= 0.3 is 5.97 Å². The van der Waals surface area contributed by atoms with Crippen molar-refractivity contribution in [3.63, 3.8) is 0 Å². The highest BCUT2D eigenvalue weighted by molar-refractivity contribution is 5.76. The normalized spacial score (nSPS) is 13.1. The third kappa shape index (κ3) is 5.36. The minimum absolute atomic E-state index is 0.0169. The quantitative estimate of drug-likeness (QED) is 0.462. The number of rotatable bonds is 6. The van der Waals surface area contributed by atoms with Crippen molar-refractivity contribution in [3.05, 3.63) is 68.8 Å². The molecule has 7 heteroatoms. The van der Waals surface area contributed by atoms with E-state index in [4.69, 9.17) is 0 Å². The Morgan fingerprint density at radius 3 is 1.87 bits per heavy atom. The lowest BCUT2D eigenvalue weighted by Gasteiger charge is -2.29. The first-order valence-electron chi connectivity index (χ1n) is 9.79. The number of aromatic hydroxyl groups is 1. The maximum Gasteiger partial charge on any atom is 0.325 e. The molecule has 30 heavy (non-hydrogen) atoms. The van der Waals surface area contributed by atoms with Crippen molar-refractivity contribution in [2.24, 2.45) is 0 Å². The molecule has 2 aromatic rings.